The standard InChI is InChI=1S/C11H20S/c1-8(12)10-7-6-9-4-2-3-5-11(9)10/h8-12H,2-7H2,1H3. The van der Waals surface area contributed by atoms with Gasteiger partial charge in [0.05, 0.1) is 0 Å². The van der Waals surface area contributed by atoms with Gasteiger partial charge >= 0.3 is 0 Å². The molecular formula is C11H20S. The van der Waals surface area contributed by atoms with Gasteiger partial charge in [0.15, 0.2) is 0 Å². The van der Waals surface area contributed by atoms with Gasteiger partial charge in [-0.25, -0.2) is 0 Å². The SMILES string of the molecule is CC(S)C1CCC2CCCCC21. The molecule has 2 fully saturated rings. The van der Waals surface area contributed by atoms with Crippen molar-refractivity contribution in [2.24, 2.45) is 17.8 Å². The summed E-state index contributed by atoms with van der Waals surface area (Å²) in [5, 5.41) is 0.637. The minimum atomic E-state index is 0.637. The molecule has 0 saturated heterocycles. The molecule has 70 valence electrons. The minimum Gasteiger partial charge on any atom is -0.176 e. The Bertz CT molecular complexity index is 153. The Morgan fingerprint density at radius 2 is 1.83 bits per heavy atom. The van der Waals surface area contributed by atoms with Gasteiger partial charge in [0.25, 0.3) is 0 Å². The van der Waals surface area contributed by atoms with Crippen molar-refractivity contribution < 1.29 is 0 Å². The maximum absolute atomic E-state index is 4.61. The first-order valence-electron chi connectivity index (χ1n) is 5.47. The fourth-order valence-electron chi connectivity index (χ4n) is 3.38. The van der Waals surface area contributed by atoms with Crippen LogP contribution >= 0.6 is 12.6 Å². The highest BCUT2D eigenvalue weighted by Gasteiger charge is 2.38. The largest absolute Gasteiger partial charge is 0.176 e. The second-order valence-corrected chi connectivity index (χ2v) is 5.50. The van der Waals surface area contributed by atoms with Crippen LogP contribution in [-0.4, -0.2) is 5.25 Å². The van der Waals surface area contributed by atoms with Crippen molar-refractivity contribution in [2.75, 3.05) is 0 Å². The highest BCUT2D eigenvalue weighted by atomic mass is 32.1. The fraction of sp³-hybridized carbons (Fsp3) is 1.00. The monoisotopic (exact) mass is 184 g/mol. The zero-order chi connectivity index (χ0) is 8.55. The minimum absolute atomic E-state index is 0.637. The second-order valence-electron chi connectivity index (χ2n) is 4.69. The Labute approximate surface area is 81.5 Å². The number of hydrogen-bond donors (Lipinski definition) is 1. The van der Waals surface area contributed by atoms with Crippen molar-refractivity contribution in [3.8, 4) is 0 Å². The molecule has 2 saturated carbocycles. The van der Waals surface area contributed by atoms with Crippen LogP contribution in [0, 0.1) is 17.8 Å². The van der Waals surface area contributed by atoms with Gasteiger partial charge in [-0.3, -0.25) is 0 Å². The van der Waals surface area contributed by atoms with Gasteiger partial charge in [-0.15, -0.1) is 0 Å². The molecule has 0 aliphatic heterocycles. The summed E-state index contributed by atoms with van der Waals surface area (Å²) in [4.78, 5) is 0. The maximum Gasteiger partial charge on any atom is 0.00194 e. The van der Waals surface area contributed by atoms with Gasteiger partial charge in [0.1, 0.15) is 0 Å². The van der Waals surface area contributed by atoms with Crippen molar-refractivity contribution in [1.29, 1.82) is 0 Å². The molecule has 1 heteroatoms. The molecule has 0 spiro atoms. The lowest BCUT2D eigenvalue weighted by molar-refractivity contribution is 0.228. The molecule has 0 aromatic rings. The quantitative estimate of drug-likeness (QED) is 0.592. The molecule has 2 aliphatic rings. The van der Waals surface area contributed by atoms with E-state index in [9.17, 15) is 0 Å². The molecule has 0 bridgehead atoms. The van der Waals surface area contributed by atoms with E-state index in [1.165, 1.54) is 38.5 Å². The third-order valence-electron chi connectivity index (χ3n) is 4.01. The average molecular weight is 184 g/mol. The summed E-state index contributed by atoms with van der Waals surface area (Å²) >= 11 is 4.61. The lowest BCUT2D eigenvalue weighted by atomic mass is 9.77. The highest BCUT2D eigenvalue weighted by Crippen LogP contribution is 2.47. The Balaban J connectivity index is 2.01. The van der Waals surface area contributed by atoms with E-state index in [2.05, 4.69) is 19.6 Å². The summed E-state index contributed by atoms with van der Waals surface area (Å²) in [6.45, 7) is 2.28. The van der Waals surface area contributed by atoms with Gasteiger partial charge in [-0.1, -0.05) is 26.2 Å². The maximum atomic E-state index is 4.61. The van der Waals surface area contributed by atoms with E-state index in [0.29, 0.717) is 5.25 Å². The topological polar surface area (TPSA) is 0 Å². The van der Waals surface area contributed by atoms with Crippen LogP contribution in [-0.2, 0) is 0 Å². The molecule has 0 radical (unpaired) electrons. The van der Waals surface area contributed by atoms with Crippen LogP contribution in [0.5, 0.6) is 0 Å². The summed E-state index contributed by atoms with van der Waals surface area (Å²) in [7, 11) is 0. The van der Waals surface area contributed by atoms with Gasteiger partial charge in [0.2, 0.25) is 0 Å². The number of thiol groups is 1. The predicted octanol–water partition coefficient (Wildman–Crippen LogP) is 3.52. The number of hydrogen-bond acceptors (Lipinski definition) is 1. The Morgan fingerprint density at radius 1 is 1.08 bits per heavy atom. The van der Waals surface area contributed by atoms with E-state index in [0.717, 1.165) is 17.8 Å². The molecule has 2 rings (SSSR count). The number of fused-ring (bicyclic) bond motifs is 1. The van der Waals surface area contributed by atoms with Crippen molar-refractivity contribution in [1.82, 2.24) is 0 Å². The van der Waals surface area contributed by atoms with E-state index in [1.54, 1.807) is 0 Å². The first-order chi connectivity index (χ1) is 5.79. The third kappa shape index (κ3) is 1.53. The van der Waals surface area contributed by atoms with Gasteiger partial charge in [-0.05, 0) is 37.0 Å². The summed E-state index contributed by atoms with van der Waals surface area (Å²) in [5.41, 5.74) is 0. The molecule has 0 nitrogen and oxygen atoms in total. The zero-order valence-electron chi connectivity index (χ0n) is 8.00. The van der Waals surface area contributed by atoms with E-state index >= 15 is 0 Å². The lowest BCUT2D eigenvalue weighted by Crippen LogP contribution is -2.23. The lowest BCUT2D eigenvalue weighted by Gasteiger charge is -2.30. The molecule has 0 heterocycles. The summed E-state index contributed by atoms with van der Waals surface area (Å²) in [6, 6.07) is 0. The first-order valence-corrected chi connectivity index (χ1v) is 5.98. The third-order valence-corrected chi connectivity index (χ3v) is 4.39. The smallest absolute Gasteiger partial charge is 0.00194 e. The van der Waals surface area contributed by atoms with Crippen LogP contribution in [0.25, 0.3) is 0 Å². The molecule has 2 aliphatic carbocycles. The highest BCUT2D eigenvalue weighted by molar-refractivity contribution is 7.80. The van der Waals surface area contributed by atoms with E-state index < -0.39 is 0 Å². The van der Waals surface area contributed by atoms with Crippen molar-refractivity contribution in [3.05, 3.63) is 0 Å². The van der Waals surface area contributed by atoms with Crippen LogP contribution in [0.15, 0.2) is 0 Å². The zero-order valence-corrected chi connectivity index (χ0v) is 8.89. The molecule has 0 aromatic carbocycles. The molecule has 4 unspecified atom stereocenters. The summed E-state index contributed by atoms with van der Waals surface area (Å²) in [5.74, 6) is 3.07. The Morgan fingerprint density at radius 3 is 2.58 bits per heavy atom. The van der Waals surface area contributed by atoms with Crippen LogP contribution < -0.4 is 0 Å². The Kier molecular flexibility index (Phi) is 2.69. The van der Waals surface area contributed by atoms with Crippen LogP contribution in [0.2, 0.25) is 0 Å². The van der Waals surface area contributed by atoms with Crippen LogP contribution in [0.4, 0.5) is 0 Å². The molecule has 4 atom stereocenters. The van der Waals surface area contributed by atoms with E-state index in [1.807, 2.05) is 0 Å². The van der Waals surface area contributed by atoms with Crippen LogP contribution in [0.1, 0.15) is 45.4 Å². The molecule has 0 N–H and O–H groups in total. The predicted molar refractivity (Wildman–Crippen MR) is 56.6 cm³/mol. The number of rotatable bonds is 1. The molecule has 0 amide bonds. The molecule has 12 heavy (non-hydrogen) atoms. The van der Waals surface area contributed by atoms with E-state index in [4.69, 9.17) is 0 Å². The molecular weight excluding hydrogens is 164 g/mol. The summed E-state index contributed by atoms with van der Waals surface area (Å²) in [6.07, 6.45) is 8.95. The van der Waals surface area contributed by atoms with Crippen LogP contribution in [0.3, 0.4) is 0 Å². The van der Waals surface area contributed by atoms with Crippen molar-refractivity contribution in [2.45, 2.75) is 50.7 Å². The second kappa shape index (κ2) is 3.61. The van der Waals surface area contributed by atoms with E-state index in [-0.39, 0.29) is 0 Å². The normalized spacial score (nSPS) is 44.0. The first kappa shape index (κ1) is 8.93. The average Bonchev–Trinajstić information content (AvgIpc) is 2.47. The Hall–Kier alpha value is 0.350. The van der Waals surface area contributed by atoms with Crippen molar-refractivity contribution >= 4 is 12.6 Å². The fourth-order valence-corrected chi connectivity index (χ4v) is 3.75. The molecule has 0 aromatic heterocycles. The van der Waals surface area contributed by atoms with Crippen molar-refractivity contribution in [3.63, 3.8) is 0 Å². The van der Waals surface area contributed by atoms with Gasteiger partial charge < -0.3 is 0 Å². The van der Waals surface area contributed by atoms with Gasteiger partial charge in [-0.2, -0.15) is 12.6 Å². The van der Waals surface area contributed by atoms with Gasteiger partial charge in [0, 0.05) is 5.25 Å². The summed E-state index contributed by atoms with van der Waals surface area (Å²) < 4.78 is 0.